The Morgan fingerprint density at radius 3 is 2.50 bits per heavy atom. The van der Waals surface area contributed by atoms with E-state index in [0.717, 1.165) is 6.42 Å². The number of rotatable bonds is 5. The Balaban J connectivity index is 2.56. The van der Waals surface area contributed by atoms with Gasteiger partial charge < -0.3 is 15.2 Å². The van der Waals surface area contributed by atoms with Gasteiger partial charge in [-0.15, -0.1) is 0 Å². The van der Waals surface area contributed by atoms with Gasteiger partial charge in [0.2, 0.25) is 0 Å². The van der Waals surface area contributed by atoms with Gasteiger partial charge in [-0.2, -0.15) is 0 Å². The highest BCUT2D eigenvalue weighted by Gasteiger charge is 2.48. The number of hydrogen-bond donors (Lipinski definition) is 1. The molecule has 1 saturated heterocycles. The van der Waals surface area contributed by atoms with Gasteiger partial charge in [0.15, 0.2) is 5.78 Å². The van der Waals surface area contributed by atoms with Crippen molar-refractivity contribution in [2.75, 3.05) is 19.8 Å². The second kappa shape index (κ2) is 4.82. The summed E-state index contributed by atoms with van der Waals surface area (Å²) in [6.45, 7) is 8.99. The Morgan fingerprint density at radius 2 is 2.06 bits per heavy atom. The van der Waals surface area contributed by atoms with E-state index >= 15 is 0 Å². The maximum absolute atomic E-state index is 12.0. The van der Waals surface area contributed by atoms with E-state index in [-0.39, 0.29) is 23.9 Å². The van der Waals surface area contributed by atoms with Crippen molar-refractivity contribution in [3.05, 3.63) is 0 Å². The number of hydrogen-bond acceptors (Lipinski definition) is 4. The number of Topliss-reactive ketones (excluding diaryl/α,β-unsaturated/α-hetero) is 1. The maximum atomic E-state index is 12.0. The van der Waals surface area contributed by atoms with Crippen molar-refractivity contribution in [3.8, 4) is 0 Å². The van der Waals surface area contributed by atoms with E-state index in [1.165, 1.54) is 0 Å². The molecular formula is C12H23NO3. The second-order valence-electron chi connectivity index (χ2n) is 5.53. The molecule has 0 bridgehead atoms. The Morgan fingerprint density at radius 1 is 1.44 bits per heavy atom. The van der Waals surface area contributed by atoms with Crippen LogP contribution in [0.15, 0.2) is 0 Å². The molecule has 0 aromatic rings. The fourth-order valence-corrected chi connectivity index (χ4v) is 2.42. The van der Waals surface area contributed by atoms with E-state index < -0.39 is 5.60 Å². The summed E-state index contributed by atoms with van der Waals surface area (Å²) in [5, 5.41) is 0. The van der Waals surface area contributed by atoms with Gasteiger partial charge in [0.1, 0.15) is 6.61 Å². The van der Waals surface area contributed by atoms with Crippen LogP contribution in [0.25, 0.3) is 0 Å². The largest absolute Gasteiger partial charge is 0.372 e. The molecule has 2 N–H and O–H groups in total. The van der Waals surface area contributed by atoms with Crippen molar-refractivity contribution in [2.45, 2.75) is 45.3 Å². The molecule has 0 aromatic carbocycles. The van der Waals surface area contributed by atoms with Gasteiger partial charge in [-0.1, -0.05) is 0 Å². The first kappa shape index (κ1) is 13.6. The normalized spacial score (nSPS) is 26.9. The van der Waals surface area contributed by atoms with Crippen LogP contribution in [0, 0.1) is 5.92 Å². The van der Waals surface area contributed by atoms with Crippen LogP contribution >= 0.6 is 0 Å². The van der Waals surface area contributed by atoms with Crippen molar-refractivity contribution in [1.82, 2.24) is 0 Å². The monoisotopic (exact) mass is 229 g/mol. The lowest BCUT2D eigenvalue weighted by Gasteiger charge is -2.26. The lowest BCUT2D eigenvalue weighted by molar-refractivity contribution is -0.133. The van der Waals surface area contributed by atoms with Crippen LogP contribution in [0.3, 0.4) is 0 Å². The molecule has 0 spiro atoms. The Kier molecular flexibility index (Phi) is 4.10. The highest BCUT2D eigenvalue weighted by atomic mass is 16.5. The number of carbonyl (C=O) groups excluding carboxylic acids is 1. The predicted octanol–water partition coefficient (Wildman–Crippen LogP) is 1.12. The summed E-state index contributed by atoms with van der Waals surface area (Å²) in [4.78, 5) is 12.0. The van der Waals surface area contributed by atoms with Crippen molar-refractivity contribution < 1.29 is 14.3 Å². The molecule has 1 aliphatic rings. The summed E-state index contributed by atoms with van der Waals surface area (Å²) in [5.41, 5.74) is 4.68. The highest BCUT2D eigenvalue weighted by molar-refractivity contribution is 5.83. The first-order chi connectivity index (χ1) is 7.28. The fraction of sp³-hybridized carbons (Fsp3) is 0.917. The quantitative estimate of drug-likeness (QED) is 0.718. The molecule has 0 aliphatic carbocycles. The number of carbonyl (C=O) groups is 1. The number of ether oxygens (including phenoxy) is 2. The minimum absolute atomic E-state index is 0.0831. The fourth-order valence-electron chi connectivity index (χ4n) is 2.42. The zero-order valence-corrected chi connectivity index (χ0v) is 10.7. The van der Waals surface area contributed by atoms with E-state index in [4.69, 9.17) is 15.2 Å². The zero-order valence-electron chi connectivity index (χ0n) is 10.7. The molecule has 0 saturated carbocycles. The summed E-state index contributed by atoms with van der Waals surface area (Å²) in [5.74, 6) is 0.0318. The van der Waals surface area contributed by atoms with Gasteiger partial charge in [-0.05, 0) is 34.1 Å². The van der Waals surface area contributed by atoms with Crippen LogP contribution in [0.2, 0.25) is 0 Å². The van der Waals surface area contributed by atoms with Crippen LogP contribution in [-0.4, -0.2) is 36.7 Å². The van der Waals surface area contributed by atoms with Gasteiger partial charge in [-0.25, -0.2) is 0 Å². The first-order valence-electron chi connectivity index (χ1n) is 5.79. The number of ketones is 1. The summed E-state index contributed by atoms with van der Waals surface area (Å²) in [6.07, 6.45) is 0.755. The average Bonchev–Trinajstić information content (AvgIpc) is 2.34. The molecule has 0 aromatic heterocycles. The van der Waals surface area contributed by atoms with Crippen molar-refractivity contribution in [2.24, 2.45) is 11.7 Å². The summed E-state index contributed by atoms with van der Waals surface area (Å²) >= 11 is 0. The summed E-state index contributed by atoms with van der Waals surface area (Å²) < 4.78 is 11.1. The maximum Gasteiger partial charge on any atom is 0.164 e. The van der Waals surface area contributed by atoms with E-state index in [0.29, 0.717) is 13.2 Å². The van der Waals surface area contributed by atoms with Crippen molar-refractivity contribution in [1.29, 1.82) is 0 Å². The number of nitrogens with two attached hydrogens (primary N) is 1. The van der Waals surface area contributed by atoms with Crippen LogP contribution in [-0.2, 0) is 14.3 Å². The second-order valence-corrected chi connectivity index (χ2v) is 5.53. The molecule has 0 amide bonds. The minimum Gasteiger partial charge on any atom is -0.372 e. The molecule has 1 atom stereocenters. The Bertz CT molecular complexity index is 261. The SMILES string of the molecule is CC1(C)CC(C(=O)COCCN)C(C)(C)O1. The molecule has 0 radical (unpaired) electrons. The topological polar surface area (TPSA) is 61.5 Å². The molecule has 1 heterocycles. The van der Waals surface area contributed by atoms with Gasteiger partial charge in [0.05, 0.1) is 23.7 Å². The third-order valence-corrected chi connectivity index (χ3v) is 2.97. The standard InChI is InChI=1S/C12H23NO3/c1-11(2)7-9(12(3,4)16-11)10(14)8-15-6-5-13/h9H,5-8,13H2,1-4H3. The molecule has 4 nitrogen and oxygen atoms in total. The van der Waals surface area contributed by atoms with Crippen LogP contribution < -0.4 is 5.73 Å². The van der Waals surface area contributed by atoms with Crippen LogP contribution in [0.5, 0.6) is 0 Å². The summed E-state index contributed by atoms with van der Waals surface area (Å²) in [7, 11) is 0. The molecular weight excluding hydrogens is 206 g/mol. The van der Waals surface area contributed by atoms with Gasteiger partial charge in [0, 0.05) is 6.54 Å². The molecule has 1 rings (SSSR count). The van der Waals surface area contributed by atoms with E-state index in [1.54, 1.807) is 0 Å². The molecule has 1 unspecified atom stereocenters. The molecule has 1 fully saturated rings. The van der Waals surface area contributed by atoms with Crippen molar-refractivity contribution >= 4 is 5.78 Å². The Hall–Kier alpha value is -0.450. The van der Waals surface area contributed by atoms with Gasteiger partial charge in [0.25, 0.3) is 0 Å². The van der Waals surface area contributed by atoms with Gasteiger partial charge in [-0.3, -0.25) is 4.79 Å². The minimum atomic E-state index is -0.396. The molecule has 4 heteroatoms. The van der Waals surface area contributed by atoms with E-state index in [2.05, 4.69) is 0 Å². The summed E-state index contributed by atoms with van der Waals surface area (Å²) in [6, 6.07) is 0. The van der Waals surface area contributed by atoms with E-state index in [9.17, 15) is 4.79 Å². The lowest BCUT2D eigenvalue weighted by Crippen LogP contribution is -2.35. The van der Waals surface area contributed by atoms with Gasteiger partial charge >= 0.3 is 0 Å². The van der Waals surface area contributed by atoms with E-state index in [1.807, 2.05) is 27.7 Å². The third kappa shape index (κ3) is 3.27. The average molecular weight is 229 g/mol. The first-order valence-corrected chi connectivity index (χ1v) is 5.79. The smallest absolute Gasteiger partial charge is 0.164 e. The molecule has 16 heavy (non-hydrogen) atoms. The third-order valence-electron chi connectivity index (χ3n) is 2.97. The van der Waals surface area contributed by atoms with Crippen LogP contribution in [0.1, 0.15) is 34.1 Å². The lowest BCUT2D eigenvalue weighted by atomic mass is 9.84. The zero-order chi connectivity index (χ0) is 12.4. The Labute approximate surface area is 97.5 Å². The predicted molar refractivity (Wildman–Crippen MR) is 62.2 cm³/mol. The highest BCUT2D eigenvalue weighted by Crippen LogP contribution is 2.42. The molecule has 1 aliphatic heterocycles. The van der Waals surface area contributed by atoms with Crippen LogP contribution in [0.4, 0.5) is 0 Å². The van der Waals surface area contributed by atoms with Crippen molar-refractivity contribution in [3.63, 3.8) is 0 Å². The molecule has 94 valence electrons.